The van der Waals surface area contributed by atoms with E-state index < -0.39 is 0 Å². The second kappa shape index (κ2) is 5.85. The molecule has 0 atom stereocenters. The molecular weight excluding hydrogens is 292 g/mol. The Hall–Kier alpha value is -0.870. The largest absolute Gasteiger partial charge is 0.325 e. The highest BCUT2D eigenvalue weighted by atomic mass is 79.9. The molecule has 0 radical (unpaired) electrons. The summed E-state index contributed by atoms with van der Waals surface area (Å²) in [5.74, 6) is 0.0178. The Bertz CT molecular complexity index is 412. The van der Waals surface area contributed by atoms with Crippen LogP contribution in [0.5, 0.6) is 0 Å². The van der Waals surface area contributed by atoms with Crippen molar-refractivity contribution < 1.29 is 4.79 Å². The van der Waals surface area contributed by atoms with E-state index in [1.54, 1.807) is 0 Å². The predicted molar refractivity (Wildman–Crippen MR) is 77.6 cm³/mol. The van der Waals surface area contributed by atoms with Crippen molar-refractivity contribution in [2.24, 2.45) is 5.41 Å². The maximum absolute atomic E-state index is 11.7. The third kappa shape index (κ3) is 3.82. The molecule has 0 heterocycles. The van der Waals surface area contributed by atoms with Crippen molar-refractivity contribution in [1.29, 1.82) is 0 Å². The van der Waals surface area contributed by atoms with Gasteiger partial charge in [-0.2, -0.15) is 0 Å². The lowest BCUT2D eigenvalue weighted by Gasteiger charge is -2.13. The second-order valence-electron chi connectivity index (χ2n) is 5.01. The lowest BCUT2D eigenvalue weighted by Crippen LogP contribution is -2.32. The van der Waals surface area contributed by atoms with Crippen molar-refractivity contribution in [3.05, 3.63) is 28.7 Å². The van der Waals surface area contributed by atoms with Crippen molar-refractivity contribution in [1.82, 2.24) is 5.32 Å². The molecular formula is C14H19BrN2O. The van der Waals surface area contributed by atoms with Gasteiger partial charge in [0.2, 0.25) is 5.91 Å². The normalized spacial score (nSPS) is 16.3. The Morgan fingerprint density at radius 1 is 1.33 bits per heavy atom. The Morgan fingerprint density at radius 3 is 2.56 bits per heavy atom. The molecule has 2 rings (SSSR count). The molecule has 1 aliphatic carbocycles. The number of benzene rings is 1. The molecule has 2 N–H and O–H groups in total. The monoisotopic (exact) mass is 310 g/mol. The van der Waals surface area contributed by atoms with Crippen LogP contribution < -0.4 is 10.6 Å². The summed E-state index contributed by atoms with van der Waals surface area (Å²) in [6.07, 6.45) is 3.80. The van der Waals surface area contributed by atoms with Gasteiger partial charge in [0.15, 0.2) is 0 Å². The number of hydrogen-bond acceptors (Lipinski definition) is 2. The highest BCUT2D eigenvalue weighted by Crippen LogP contribution is 2.47. The van der Waals surface area contributed by atoms with Crippen LogP contribution >= 0.6 is 15.9 Å². The zero-order valence-electron chi connectivity index (χ0n) is 10.6. The van der Waals surface area contributed by atoms with Gasteiger partial charge in [-0.25, -0.2) is 0 Å². The van der Waals surface area contributed by atoms with Crippen molar-refractivity contribution in [3.8, 4) is 0 Å². The summed E-state index contributed by atoms with van der Waals surface area (Å²) in [4.78, 5) is 11.7. The molecule has 0 aliphatic heterocycles. The molecule has 0 aromatic heterocycles. The van der Waals surface area contributed by atoms with Gasteiger partial charge in [0.25, 0.3) is 0 Å². The summed E-state index contributed by atoms with van der Waals surface area (Å²) < 4.78 is 1.01. The van der Waals surface area contributed by atoms with Gasteiger partial charge in [-0.05, 0) is 48.9 Å². The van der Waals surface area contributed by atoms with Crippen LogP contribution in [0.15, 0.2) is 28.7 Å². The van der Waals surface area contributed by atoms with E-state index in [0.29, 0.717) is 12.0 Å². The summed E-state index contributed by atoms with van der Waals surface area (Å²) in [6, 6.07) is 7.60. The minimum atomic E-state index is 0.0178. The first kappa shape index (κ1) is 13.6. The molecule has 1 fully saturated rings. The van der Waals surface area contributed by atoms with Crippen molar-refractivity contribution in [2.45, 2.75) is 26.2 Å². The Labute approximate surface area is 116 Å². The van der Waals surface area contributed by atoms with E-state index in [-0.39, 0.29) is 5.91 Å². The highest BCUT2D eigenvalue weighted by Gasteiger charge is 2.39. The second-order valence-corrected chi connectivity index (χ2v) is 5.93. The highest BCUT2D eigenvalue weighted by molar-refractivity contribution is 9.10. The molecule has 4 heteroatoms. The first-order chi connectivity index (χ1) is 8.63. The first-order valence-corrected chi connectivity index (χ1v) is 7.19. The Kier molecular flexibility index (Phi) is 4.40. The quantitative estimate of drug-likeness (QED) is 0.847. The van der Waals surface area contributed by atoms with E-state index in [2.05, 4.69) is 33.5 Å². The molecule has 1 aromatic rings. The summed E-state index contributed by atoms with van der Waals surface area (Å²) in [7, 11) is 0. The standard InChI is InChI=1S/C14H19BrN2O/c1-2-14(7-8-14)10-16-9-13(18)17-12-5-3-11(15)4-6-12/h3-6,16H,2,7-10H2,1H3,(H,17,18). The molecule has 1 saturated carbocycles. The molecule has 1 aromatic carbocycles. The molecule has 3 nitrogen and oxygen atoms in total. The number of carbonyl (C=O) groups is 1. The number of halogens is 1. The van der Waals surface area contributed by atoms with Gasteiger partial charge in [-0.3, -0.25) is 4.79 Å². The van der Waals surface area contributed by atoms with Crippen molar-refractivity contribution >= 4 is 27.5 Å². The number of rotatable bonds is 6. The van der Waals surface area contributed by atoms with Crippen LogP contribution in [0.1, 0.15) is 26.2 Å². The van der Waals surface area contributed by atoms with Crippen LogP contribution in [0.25, 0.3) is 0 Å². The van der Waals surface area contributed by atoms with Crippen molar-refractivity contribution in [3.63, 3.8) is 0 Å². The number of amides is 1. The third-order valence-electron chi connectivity index (χ3n) is 3.62. The molecule has 18 heavy (non-hydrogen) atoms. The summed E-state index contributed by atoms with van der Waals surface area (Å²) in [5, 5.41) is 6.12. The first-order valence-electron chi connectivity index (χ1n) is 6.40. The van der Waals surface area contributed by atoms with Gasteiger partial charge in [0, 0.05) is 16.7 Å². The van der Waals surface area contributed by atoms with Crippen LogP contribution in [-0.2, 0) is 4.79 Å². The zero-order valence-corrected chi connectivity index (χ0v) is 12.2. The fourth-order valence-electron chi connectivity index (χ4n) is 2.01. The molecule has 0 unspecified atom stereocenters. The van der Waals surface area contributed by atoms with Crippen LogP contribution in [0.4, 0.5) is 5.69 Å². The van der Waals surface area contributed by atoms with E-state index in [4.69, 9.17) is 0 Å². The SMILES string of the molecule is CCC1(CNCC(=O)Nc2ccc(Br)cc2)CC1. The van der Waals surface area contributed by atoms with E-state index in [1.165, 1.54) is 19.3 Å². The van der Waals surface area contributed by atoms with E-state index in [1.807, 2.05) is 24.3 Å². The summed E-state index contributed by atoms with van der Waals surface area (Å²) in [6.45, 7) is 3.56. The lowest BCUT2D eigenvalue weighted by molar-refractivity contribution is -0.115. The molecule has 1 aliphatic rings. The number of anilines is 1. The van der Waals surface area contributed by atoms with Gasteiger partial charge in [0.05, 0.1) is 6.54 Å². The van der Waals surface area contributed by atoms with Gasteiger partial charge >= 0.3 is 0 Å². The minimum absolute atomic E-state index is 0.0178. The number of nitrogens with one attached hydrogen (secondary N) is 2. The third-order valence-corrected chi connectivity index (χ3v) is 4.15. The number of carbonyl (C=O) groups excluding carboxylic acids is 1. The average Bonchev–Trinajstić information content (AvgIpc) is 3.13. The van der Waals surface area contributed by atoms with Crippen LogP contribution in [0, 0.1) is 5.41 Å². The van der Waals surface area contributed by atoms with Gasteiger partial charge in [-0.15, -0.1) is 0 Å². The smallest absolute Gasteiger partial charge is 0.238 e. The molecule has 0 bridgehead atoms. The van der Waals surface area contributed by atoms with Crippen LogP contribution in [0.3, 0.4) is 0 Å². The molecule has 0 saturated heterocycles. The summed E-state index contributed by atoms with van der Waals surface area (Å²) >= 11 is 3.37. The fourth-order valence-corrected chi connectivity index (χ4v) is 2.28. The maximum Gasteiger partial charge on any atom is 0.238 e. The minimum Gasteiger partial charge on any atom is -0.325 e. The summed E-state index contributed by atoms with van der Waals surface area (Å²) in [5.41, 5.74) is 1.32. The Morgan fingerprint density at radius 2 is 2.00 bits per heavy atom. The topological polar surface area (TPSA) is 41.1 Å². The van der Waals surface area contributed by atoms with Gasteiger partial charge in [0.1, 0.15) is 0 Å². The van der Waals surface area contributed by atoms with Crippen LogP contribution in [0.2, 0.25) is 0 Å². The van der Waals surface area contributed by atoms with Gasteiger partial charge < -0.3 is 10.6 Å². The molecule has 0 spiro atoms. The maximum atomic E-state index is 11.7. The van der Waals surface area contributed by atoms with Crippen LogP contribution in [-0.4, -0.2) is 19.0 Å². The Balaban J connectivity index is 1.70. The predicted octanol–water partition coefficient (Wildman–Crippen LogP) is 3.17. The molecule has 1 amide bonds. The van der Waals surface area contributed by atoms with E-state index >= 15 is 0 Å². The number of hydrogen-bond donors (Lipinski definition) is 2. The van der Waals surface area contributed by atoms with Gasteiger partial charge in [-0.1, -0.05) is 22.9 Å². The van der Waals surface area contributed by atoms with E-state index in [9.17, 15) is 4.79 Å². The fraction of sp³-hybridized carbons (Fsp3) is 0.500. The molecule has 98 valence electrons. The van der Waals surface area contributed by atoms with Crippen molar-refractivity contribution in [2.75, 3.05) is 18.4 Å². The average molecular weight is 311 g/mol. The lowest BCUT2D eigenvalue weighted by atomic mass is 10.0. The van der Waals surface area contributed by atoms with E-state index in [0.717, 1.165) is 16.7 Å². The zero-order chi connectivity index (χ0) is 13.0.